The van der Waals surface area contributed by atoms with E-state index in [-0.39, 0.29) is 19.1 Å². The molecule has 1 atom stereocenters. The van der Waals surface area contributed by atoms with Crippen molar-refractivity contribution in [2.45, 2.75) is 19.3 Å². The van der Waals surface area contributed by atoms with Crippen molar-refractivity contribution in [2.24, 2.45) is 5.92 Å². The fourth-order valence-corrected chi connectivity index (χ4v) is 4.23. The molecule has 158 valence electrons. The molecule has 0 saturated carbocycles. The molecule has 0 unspecified atom stereocenters. The normalized spacial score (nSPS) is 13.2. The molecule has 1 aliphatic carbocycles. The molecule has 31 heavy (non-hydrogen) atoms. The Hall–Kier alpha value is -3.60. The lowest BCUT2D eigenvalue weighted by Crippen LogP contribution is -2.35. The van der Waals surface area contributed by atoms with E-state index in [9.17, 15) is 14.7 Å². The van der Waals surface area contributed by atoms with Crippen LogP contribution in [0.3, 0.4) is 0 Å². The standard InChI is InChI=1S/C26H25NO4/c1-17-7-6-8-18(13-17)14-19(25(28)29)15-27-26(30)31-16-24-22-11-4-2-9-20(22)21-10-3-5-12-23(21)24/h2-13,19,24H,14-16H2,1H3,(H,27,30)(H,28,29)/t19-/m1/s1. The van der Waals surface area contributed by atoms with Crippen molar-refractivity contribution in [3.8, 4) is 11.1 Å². The number of ether oxygens (including phenoxy) is 1. The highest BCUT2D eigenvalue weighted by molar-refractivity contribution is 5.79. The maximum Gasteiger partial charge on any atom is 0.407 e. The molecule has 0 spiro atoms. The monoisotopic (exact) mass is 415 g/mol. The topological polar surface area (TPSA) is 75.6 Å². The van der Waals surface area contributed by atoms with Crippen LogP contribution in [0, 0.1) is 12.8 Å². The SMILES string of the molecule is Cc1cccc(C[C@H](CNC(=O)OCC2c3ccccc3-c3ccccc32)C(=O)O)c1. The predicted octanol–water partition coefficient (Wildman–Crippen LogP) is 4.78. The van der Waals surface area contributed by atoms with Crippen molar-refractivity contribution in [2.75, 3.05) is 13.2 Å². The lowest BCUT2D eigenvalue weighted by atomic mass is 9.98. The number of fused-ring (bicyclic) bond motifs is 3. The predicted molar refractivity (Wildman–Crippen MR) is 119 cm³/mol. The van der Waals surface area contributed by atoms with Crippen molar-refractivity contribution >= 4 is 12.1 Å². The Morgan fingerprint density at radius 3 is 2.23 bits per heavy atom. The first-order valence-corrected chi connectivity index (χ1v) is 10.4. The molecule has 0 bridgehead atoms. The molecule has 0 fully saturated rings. The van der Waals surface area contributed by atoms with Gasteiger partial charge in [0.2, 0.25) is 0 Å². The molecule has 5 heteroatoms. The third-order valence-corrected chi connectivity index (χ3v) is 5.75. The van der Waals surface area contributed by atoms with E-state index in [0.717, 1.165) is 33.4 Å². The molecule has 3 aromatic rings. The molecule has 0 radical (unpaired) electrons. The Bertz CT molecular complexity index is 1060. The Balaban J connectivity index is 1.36. The molecule has 5 nitrogen and oxygen atoms in total. The summed E-state index contributed by atoms with van der Waals surface area (Å²) in [7, 11) is 0. The first-order valence-electron chi connectivity index (χ1n) is 10.4. The summed E-state index contributed by atoms with van der Waals surface area (Å²) in [6.07, 6.45) is -0.252. The smallest absolute Gasteiger partial charge is 0.407 e. The second kappa shape index (κ2) is 9.04. The number of carbonyl (C=O) groups excluding carboxylic acids is 1. The van der Waals surface area contributed by atoms with Crippen LogP contribution in [-0.4, -0.2) is 30.3 Å². The lowest BCUT2D eigenvalue weighted by molar-refractivity contribution is -0.141. The van der Waals surface area contributed by atoms with E-state index in [1.54, 1.807) is 0 Å². The van der Waals surface area contributed by atoms with Gasteiger partial charge in [0.25, 0.3) is 0 Å². The number of aryl methyl sites for hydroxylation is 1. The molecule has 3 aromatic carbocycles. The summed E-state index contributed by atoms with van der Waals surface area (Å²) in [5.41, 5.74) is 6.61. The Morgan fingerprint density at radius 1 is 0.968 bits per heavy atom. The van der Waals surface area contributed by atoms with Crippen LogP contribution in [0.2, 0.25) is 0 Å². The van der Waals surface area contributed by atoms with Crippen LogP contribution in [0.5, 0.6) is 0 Å². The maximum atomic E-state index is 12.3. The number of carboxylic acid groups (broad SMARTS) is 1. The van der Waals surface area contributed by atoms with E-state index in [1.807, 2.05) is 55.5 Å². The fourth-order valence-electron chi connectivity index (χ4n) is 4.23. The number of alkyl carbamates (subject to hydrolysis) is 1. The third-order valence-electron chi connectivity index (χ3n) is 5.75. The summed E-state index contributed by atoms with van der Waals surface area (Å²) in [4.78, 5) is 24.0. The van der Waals surface area contributed by atoms with Gasteiger partial charge < -0.3 is 15.2 Å². The van der Waals surface area contributed by atoms with Gasteiger partial charge in [-0.3, -0.25) is 4.79 Å². The van der Waals surface area contributed by atoms with Crippen LogP contribution < -0.4 is 5.32 Å². The molecule has 0 aliphatic heterocycles. The highest BCUT2D eigenvalue weighted by Crippen LogP contribution is 2.44. The molecular formula is C26H25NO4. The van der Waals surface area contributed by atoms with Crippen LogP contribution in [0.15, 0.2) is 72.8 Å². The summed E-state index contributed by atoms with van der Waals surface area (Å²) in [6, 6.07) is 24.0. The molecule has 4 rings (SSSR count). The molecule has 1 aliphatic rings. The molecular weight excluding hydrogens is 390 g/mol. The van der Waals surface area contributed by atoms with E-state index >= 15 is 0 Å². The van der Waals surface area contributed by atoms with Gasteiger partial charge in [-0.2, -0.15) is 0 Å². The summed E-state index contributed by atoms with van der Waals surface area (Å²) >= 11 is 0. The zero-order chi connectivity index (χ0) is 21.8. The number of rotatable bonds is 7. The Kier molecular flexibility index (Phi) is 6.03. The van der Waals surface area contributed by atoms with Crippen LogP contribution in [0.1, 0.15) is 28.2 Å². The number of aliphatic carboxylic acids is 1. The minimum atomic E-state index is -0.944. The van der Waals surface area contributed by atoms with Crippen molar-refractivity contribution in [3.05, 3.63) is 95.1 Å². The number of benzene rings is 3. The number of carboxylic acids is 1. The van der Waals surface area contributed by atoms with Gasteiger partial charge in [0.15, 0.2) is 0 Å². The van der Waals surface area contributed by atoms with Crippen molar-refractivity contribution in [1.82, 2.24) is 5.32 Å². The van der Waals surface area contributed by atoms with Crippen LogP contribution >= 0.6 is 0 Å². The lowest BCUT2D eigenvalue weighted by Gasteiger charge is -2.16. The van der Waals surface area contributed by atoms with E-state index in [1.165, 1.54) is 0 Å². The fraction of sp³-hybridized carbons (Fsp3) is 0.231. The van der Waals surface area contributed by atoms with Crippen LogP contribution in [0.4, 0.5) is 4.79 Å². The average molecular weight is 415 g/mol. The third kappa shape index (κ3) is 4.61. The van der Waals surface area contributed by atoms with Crippen LogP contribution in [-0.2, 0) is 16.0 Å². The molecule has 0 saturated heterocycles. The highest BCUT2D eigenvalue weighted by Gasteiger charge is 2.29. The minimum Gasteiger partial charge on any atom is -0.481 e. The first-order chi connectivity index (χ1) is 15.0. The van der Waals surface area contributed by atoms with E-state index < -0.39 is 18.0 Å². The van der Waals surface area contributed by atoms with E-state index in [2.05, 4.69) is 29.6 Å². The molecule has 0 heterocycles. The van der Waals surface area contributed by atoms with Gasteiger partial charge in [-0.15, -0.1) is 0 Å². The zero-order valence-corrected chi connectivity index (χ0v) is 17.4. The van der Waals surface area contributed by atoms with Gasteiger partial charge in [0, 0.05) is 12.5 Å². The van der Waals surface area contributed by atoms with E-state index in [4.69, 9.17) is 4.74 Å². The highest BCUT2D eigenvalue weighted by atomic mass is 16.5. The van der Waals surface area contributed by atoms with Crippen LogP contribution in [0.25, 0.3) is 11.1 Å². The average Bonchev–Trinajstić information content (AvgIpc) is 3.09. The van der Waals surface area contributed by atoms with Crippen molar-refractivity contribution in [1.29, 1.82) is 0 Å². The number of carbonyl (C=O) groups is 2. The number of amides is 1. The van der Waals surface area contributed by atoms with Crippen molar-refractivity contribution < 1.29 is 19.4 Å². The minimum absolute atomic E-state index is 0.0138. The molecule has 1 amide bonds. The Labute approximate surface area is 181 Å². The van der Waals surface area contributed by atoms with Crippen molar-refractivity contribution in [3.63, 3.8) is 0 Å². The molecule has 2 N–H and O–H groups in total. The Morgan fingerprint density at radius 2 is 1.61 bits per heavy atom. The van der Waals surface area contributed by atoms with Gasteiger partial charge in [-0.25, -0.2) is 4.79 Å². The summed E-state index contributed by atoms with van der Waals surface area (Å²) < 4.78 is 5.50. The summed E-state index contributed by atoms with van der Waals surface area (Å²) in [5, 5.41) is 12.2. The first kappa shape index (κ1) is 20.7. The number of hydrogen-bond acceptors (Lipinski definition) is 3. The van der Waals surface area contributed by atoms with Gasteiger partial charge >= 0.3 is 12.1 Å². The number of hydrogen-bond donors (Lipinski definition) is 2. The molecule has 0 aromatic heterocycles. The van der Waals surface area contributed by atoms with Gasteiger partial charge in [0.1, 0.15) is 6.61 Å². The summed E-state index contributed by atoms with van der Waals surface area (Å²) in [5.74, 6) is -1.69. The van der Waals surface area contributed by atoms with E-state index in [0.29, 0.717) is 6.42 Å². The number of nitrogens with one attached hydrogen (secondary N) is 1. The maximum absolute atomic E-state index is 12.3. The largest absolute Gasteiger partial charge is 0.481 e. The summed E-state index contributed by atoms with van der Waals surface area (Å²) in [6.45, 7) is 2.18. The van der Waals surface area contributed by atoms with Gasteiger partial charge in [-0.1, -0.05) is 78.4 Å². The second-order valence-corrected chi connectivity index (χ2v) is 7.93. The van der Waals surface area contributed by atoms with Gasteiger partial charge in [-0.05, 0) is 41.2 Å². The zero-order valence-electron chi connectivity index (χ0n) is 17.4. The van der Waals surface area contributed by atoms with Gasteiger partial charge in [0.05, 0.1) is 5.92 Å². The second-order valence-electron chi connectivity index (χ2n) is 7.93. The quantitative estimate of drug-likeness (QED) is 0.582.